The molecule has 1 aliphatic heterocycles. The molecule has 0 saturated carbocycles. The molecule has 0 radical (unpaired) electrons. The standard InChI is InChI=1S/C14H18BrF3N2S/c1-21-13(9-19)4-6-20(7-5-13)12-3-2-10(8-11(12)15)14(16,17)18/h2-3,8H,4-7,9,19H2,1H3. The minimum Gasteiger partial charge on any atom is -0.371 e. The van der Waals surface area contributed by atoms with Gasteiger partial charge in [-0.3, -0.25) is 0 Å². The zero-order valence-corrected chi connectivity index (χ0v) is 14.1. The molecule has 1 aliphatic rings. The molecule has 1 aromatic carbocycles. The van der Waals surface area contributed by atoms with Gasteiger partial charge in [0.05, 0.1) is 11.3 Å². The lowest BCUT2D eigenvalue weighted by Gasteiger charge is -2.41. The van der Waals surface area contributed by atoms with Crippen LogP contribution in [0.4, 0.5) is 18.9 Å². The Morgan fingerprint density at radius 1 is 1.33 bits per heavy atom. The van der Waals surface area contributed by atoms with E-state index >= 15 is 0 Å². The second kappa shape index (κ2) is 6.38. The lowest BCUT2D eigenvalue weighted by molar-refractivity contribution is -0.137. The summed E-state index contributed by atoms with van der Waals surface area (Å²) >= 11 is 5.05. The summed E-state index contributed by atoms with van der Waals surface area (Å²) in [6.45, 7) is 2.25. The molecule has 0 spiro atoms. The Morgan fingerprint density at radius 2 is 1.95 bits per heavy atom. The molecule has 2 N–H and O–H groups in total. The Bertz CT molecular complexity index is 493. The minimum atomic E-state index is -4.31. The van der Waals surface area contributed by atoms with Crippen LogP contribution < -0.4 is 10.6 Å². The van der Waals surface area contributed by atoms with Crippen molar-refractivity contribution < 1.29 is 13.2 Å². The van der Waals surface area contributed by atoms with Gasteiger partial charge in [-0.25, -0.2) is 0 Å². The molecule has 0 aromatic heterocycles. The number of halogens is 4. The lowest BCUT2D eigenvalue weighted by atomic mass is 9.95. The van der Waals surface area contributed by atoms with Gasteiger partial charge in [0.2, 0.25) is 0 Å². The Labute approximate surface area is 135 Å². The summed E-state index contributed by atoms with van der Waals surface area (Å²) in [5, 5.41) is 0. The van der Waals surface area contributed by atoms with Crippen LogP contribution in [0.15, 0.2) is 22.7 Å². The van der Waals surface area contributed by atoms with E-state index in [0.717, 1.165) is 43.8 Å². The smallest absolute Gasteiger partial charge is 0.371 e. The number of hydrogen-bond donors (Lipinski definition) is 1. The molecular weight excluding hydrogens is 365 g/mol. The summed E-state index contributed by atoms with van der Waals surface area (Å²) in [5.41, 5.74) is 6.04. The third-order valence-electron chi connectivity index (χ3n) is 4.10. The van der Waals surface area contributed by atoms with Gasteiger partial charge in [-0.1, -0.05) is 0 Å². The molecule has 1 heterocycles. The summed E-state index contributed by atoms with van der Waals surface area (Å²) in [5.74, 6) is 0. The van der Waals surface area contributed by atoms with Gasteiger partial charge < -0.3 is 10.6 Å². The topological polar surface area (TPSA) is 29.3 Å². The van der Waals surface area contributed by atoms with E-state index in [-0.39, 0.29) is 4.75 Å². The average Bonchev–Trinajstić information content (AvgIpc) is 2.46. The molecule has 0 unspecified atom stereocenters. The molecule has 7 heteroatoms. The molecule has 0 atom stereocenters. The van der Waals surface area contributed by atoms with Crippen molar-refractivity contribution in [3.05, 3.63) is 28.2 Å². The summed E-state index contributed by atoms with van der Waals surface area (Å²) in [4.78, 5) is 2.12. The molecule has 0 bridgehead atoms. The molecule has 1 fully saturated rings. The Kier molecular flexibility index (Phi) is 5.15. The first-order valence-electron chi connectivity index (χ1n) is 6.68. The van der Waals surface area contributed by atoms with Crippen molar-refractivity contribution in [2.45, 2.75) is 23.8 Å². The van der Waals surface area contributed by atoms with Crippen molar-refractivity contribution in [1.29, 1.82) is 0 Å². The van der Waals surface area contributed by atoms with Gasteiger partial charge in [0.15, 0.2) is 0 Å². The zero-order chi connectivity index (χ0) is 15.7. The maximum absolute atomic E-state index is 12.7. The van der Waals surface area contributed by atoms with Crippen LogP contribution in [0.5, 0.6) is 0 Å². The Hall–Kier alpha value is -0.400. The normalized spacial score (nSPS) is 18.9. The predicted molar refractivity (Wildman–Crippen MR) is 85.9 cm³/mol. The van der Waals surface area contributed by atoms with Crippen molar-refractivity contribution in [2.24, 2.45) is 5.73 Å². The highest BCUT2D eigenvalue weighted by molar-refractivity contribution is 9.10. The zero-order valence-electron chi connectivity index (χ0n) is 11.7. The summed E-state index contributed by atoms with van der Waals surface area (Å²) < 4.78 is 38.6. The SMILES string of the molecule is CSC1(CN)CCN(c2ccc(C(F)(F)F)cc2Br)CC1. The first-order chi connectivity index (χ1) is 9.81. The number of anilines is 1. The van der Waals surface area contributed by atoms with Crippen LogP contribution in [0.3, 0.4) is 0 Å². The van der Waals surface area contributed by atoms with Crippen molar-refractivity contribution >= 4 is 33.4 Å². The maximum Gasteiger partial charge on any atom is 0.416 e. The monoisotopic (exact) mass is 382 g/mol. The highest BCUT2D eigenvalue weighted by Crippen LogP contribution is 2.39. The molecule has 0 amide bonds. The van der Waals surface area contributed by atoms with Crippen LogP contribution in [-0.2, 0) is 6.18 Å². The fraction of sp³-hybridized carbons (Fsp3) is 0.571. The summed E-state index contributed by atoms with van der Waals surface area (Å²) in [6.07, 6.45) is -0.358. The van der Waals surface area contributed by atoms with Crippen LogP contribution in [0.1, 0.15) is 18.4 Å². The number of rotatable bonds is 3. The van der Waals surface area contributed by atoms with Crippen molar-refractivity contribution in [2.75, 3.05) is 30.8 Å². The van der Waals surface area contributed by atoms with E-state index in [1.54, 1.807) is 17.8 Å². The van der Waals surface area contributed by atoms with E-state index in [2.05, 4.69) is 27.1 Å². The average molecular weight is 383 g/mol. The van der Waals surface area contributed by atoms with Crippen LogP contribution in [0.2, 0.25) is 0 Å². The fourth-order valence-corrected chi connectivity index (χ4v) is 3.97. The molecular formula is C14H18BrF3N2S. The van der Waals surface area contributed by atoms with Crippen LogP contribution in [0.25, 0.3) is 0 Å². The first kappa shape index (κ1) is 17.0. The van der Waals surface area contributed by atoms with E-state index in [1.165, 1.54) is 0 Å². The van der Waals surface area contributed by atoms with Crippen LogP contribution >= 0.6 is 27.7 Å². The number of alkyl halides is 3. The van der Waals surface area contributed by atoms with Gasteiger partial charge in [-0.2, -0.15) is 24.9 Å². The highest BCUT2D eigenvalue weighted by Gasteiger charge is 2.34. The van der Waals surface area contributed by atoms with Gasteiger partial charge in [-0.05, 0) is 53.2 Å². The number of piperidine rings is 1. The third-order valence-corrected chi connectivity index (χ3v) is 6.17. The number of hydrogen-bond acceptors (Lipinski definition) is 3. The first-order valence-corrected chi connectivity index (χ1v) is 8.70. The lowest BCUT2D eigenvalue weighted by Crippen LogP contribution is -2.46. The third kappa shape index (κ3) is 3.68. The van der Waals surface area contributed by atoms with Gasteiger partial charge >= 0.3 is 6.18 Å². The van der Waals surface area contributed by atoms with Gasteiger partial charge in [0, 0.05) is 28.9 Å². The Morgan fingerprint density at radius 3 is 2.38 bits per heavy atom. The highest BCUT2D eigenvalue weighted by atomic mass is 79.9. The number of nitrogens with zero attached hydrogens (tertiary/aromatic N) is 1. The Balaban J connectivity index is 2.14. The van der Waals surface area contributed by atoms with E-state index < -0.39 is 11.7 Å². The second-order valence-electron chi connectivity index (χ2n) is 5.24. The molecule has 118 valence electrons. The minimum absolute atomic E-state index is 0.106. The van der Waals surface area contributed by atoms with Crippen LogP contribution in [0, 0.1) is 0 Å². The number of thioether (sulfide) groups is 1. The number of benzene rings is 1. The van der Waals surface area contributed by atoms with Crippen molar-refractivity contribution in [1.82, 2.24) is 0 Å². The van der Waals surface area contributed by atoms with E-state index in [9.17, 15) is 13.2 Å². The summed E-state index contributed by atoms with van der Waals surface area (Å²) in [7, 11) is 0. The van der Waals surface area contributed by atoms with Crippen molar-refractivity contribution in [3.63, 3.8) is 0 Å². The summed E-state index contributed by atoms with van der Waals surface area (Å²) in [6, 6.07) is 3.83. The molecule has 1 aromatic rings. The molecule has 2 nitrogen and oxygen atoms in total. The van der Waals surface area contributed by atoms with E-state index in [0.29, 0.717) is 11.0 Å². The fourth-order valence-electron chi connectivity index (χ4n) is 2.59. The molecule has 0 aliphatic carbocycles. The maximum atomic E-state index is 12.7. The molecule has 21 heavy (non-hydrogen) atoms. The molecule has 1 saturated heterocycles. The van der Waals surface area contributed by atoms with E-state index in [4.69, 9.17) is 5.73 Å². The predicted octanol–water partition coefficient (Wildman–Crippen LogP) is 4.13. The van der Waals surface area contributed by atoms with Crippen LogP contribution in [-0.4, -0.2) is 30.6 Å². The van der Waals surface area contributed by atoms with Gasteiger partial charge in [0.25, 0.3) is 0 Å². The van der Waals surface area contributed by atoms with Crippen molar-refractivity contribution in [3.8, 4) is 0 Å². The molecule has 2 rings (SSSR count). The van der Waals surface area contributed by atoms with Gasteiger partial charge in [-0.15, -0.1) is 0 Å². The quantitative estimate of drug-likeness (QED) is 0.851. The van der Waals surface area contributed by atoms with Gasteiger partial charge in [0.1, 0.15) is 0 Å². The largest absolute Gasteiger partial charge is 0.416 e. The second-order valence-corrected chi connectivity index (χ2v) is 7.37. The number of nitrogens with two attached hydrogens (primary N) is 1. The van der Waals surface area contributed by atoms with E-state index in [1.807, 2.05) is 0 Å².